The summed E-state index contributed by atoms with van der Waals surface area (Å²) in [6, 6.07) is 0.0180. The first kappa shape index (κ1) is 15.7. The molecule has 1 unspecified atom stereocenters. The summed E-state index contributed by atoms with van der Waals surface area (Å²) in [4.78, 5) is 2.42. The molecule has 3 fully saturated rings. The molecule has 1 atom stereocenters. The molecule has 2 saturated heterocycles. The molecule has 2 heterocycles. The van der Waals surface area contributed by atoms with Gasteiger partial charge in [0.25, 0.3) is 10.2 Å². The lowest BCUT2D eigenvalue weighted by atomic mass is 10.2. The van der Waals surface area contributed by atoms with E-state index in [9.17, 15) is 8.42 Å². The summed E-state index contributed by atoms with van der Waals surface area (Å²) in [6.07, 6.45) is 4.56. The van der Waals surface area contributed by atoms with Crippen molar-refractivity contribution in [1.29, 1.82) is 0 Å². The Labute approximate surface area is 128 Å². The van der Waals surface area contributed by atoms with Crippen LogP contribution in [0, 0.1) is 5.92 Å². The van der Waals surface area contributed by atoms with Crippen molar-refractivity contribution in [2.75, 3.05) is 53.0 Å². The van der Waals surface area contributed by atoms with Crippen LogP contribution in [0.2, 0.25) is 0 Å². The fourth-order valence-electron chi connectivity index (χ4n) is 3.43. The lowest BCUT2D eigenvalue weighted by molar-refractivity contribution is 0.139. The molecule has 1 saturated carbocycles. The van der Waals surface area contributed by atoms with Crippen LogP contribution in [-0.2, 0) is 14.9 Å². The number of ether oxygens (including phenoxy) is 1. The third-order valence-corrected chi connectivity index (χ3v) is 6.94. The highest BCUT2D eigenvalue weighted by molar-refractivity contribution is 7.86. The summed E-state index contributed by atoms with van der Waals surface area (Å²) < 4.78 is 34.1. The number of methoxy groups -OCH3 is 1. The average molecular weight is 317 g/mol. The zero-order chi connectivity index (χ0) is 14.9. The Hall–Kier alpha value is -0.210. The van der Waals surface area contributed by atoms with Crippen molar-refractivity contribution in [3.05, 3.63) is 0 Å². The first-order valence-electron chi connectivity index (χ1n) is 8.09. The molecule has 122 valence electrons. The van der Waals surface area contributed by atoms with Gasteiger partial charge in [0.15, 0.2) is 0 Å². The largest absolute Gasteiger partial charge is 0.383 e. The molecular formula is C14H27N3O3S. The molecule has 0 spiro atoms. The number of rotatable bonds is 6. The summed E-state index contributed by atoms with van der Waals surface area (Å²) in [7, 11) is -1.67. The Morgan fingerprint density at radius 3 is 2.38 bits per heavy atom. The minimum absolute atomic E-state index is 0.0180. The third-order valence-electron chi connectivity index (χ3n) is 4.85. The Kier molecular flexibility index (Phi) is 4.85. The normalized spacial score (nSPS) is 30.0. The zero-order valence-electron chi connectivity index (χ0n) is 12.9. The van der Waals surface area contributed by atoms with E-state index in [2.05, 4.69) is 4.90 Å². The maximum Gasteiger partial charge on any atom is 0.282 e. The van der Waals surface area contributed by atoms with Crippen molar-refractivity contribution in [2.45, 2.75) is 31.7 Å². The van der Waals surface area contributed by atoms with Crippen LogP contribution >= 0.6 is 0 Å². The van der Waals surface area contributed by atoms with E-state index in [-0.39, 0.29) is 6.04 Å². The summed E-state index contributed by atoms with van der Waals surface area (Å²) in [5.41, 5.74) is 0. The molecule has 7 heteroatoms. The highest BCUT2D eigenvalue weighted by Gasteiger charge is 2.39. The second-order valence-corrected chi connectivity index (χ2v) is 8.39. The number of piperazine rings is 1. The molecular weight excluding hydrogens is 290 g/mol. The van der Waals surface area contributed by atoms with E-state index < -0.39 is 10.2 Å². The van der Waals surface area contributed by atoms with Crippen LogP contribution in [0.4, 0.5) is 0 Å². The van der Waals surface area contributed by atoms with E-state index in [0.717, 1.165) is 38.4 Å². The van der Waals surface area contributed by atoms with E-state index in [4.69, 9.17) is 4.74 Å². The molecule has 0 bridgehead atoms. The SMILES string of the molecule is COCC1CCCN1S(=O)(=O)N1CCN(CC2CC2)CC1. The molecule has 0 amide bonds. The summed E-state index contributed by atoms with van der Waals surface area (Å²) in [5, 5.41) is 0. The van der Waals surface area contributed by atoms with Crippen molar-refractivity contribution in [3.8, 4) is 0 Å². The molecule has 0 aromatic rings. The maximum atomic E-state index is 12.8. The van der Waals surface area contributed by atoms with Crippen molar-refractivity contribution < 1.29 is 13.2 Å². The minimum Gasteiger partial charge on any atom is -0.383 e. The molecule has 21 heavy (non-hydrogen) atoms. The van der Waals surface area contributed by atoms with Gasteiger partial charge in [-0.15, -0.1) is 0 Å². The summed E-state index contributed by atoms with van der Waals surface area (Å²) in [5.74, 6) is 0.873. The van der Waals surface area contributed by atoms with Crippen LogP contribution in [0.25, 0.3) is 0 Å². The van der Waals surface area contributed by atoms with E-state index in [0.29, 0.717) is 26.2 Å². The second kappa shape index (κ2) is 6.50. The first-order valence-corrected chi connectivity index (χ1v) is 9.49. The van der Waals surface area contributed by atoms with E-state index in [1.807, 2.05) is 0 Å². The number of hydrogen-bond donors (Lipinski definition) is 0. The van der Waals surface area contributed by atoms with Gasteiger partial charge in [0, 0.05) is 52.4 Å². The Bertz CT molecular complexity index is 444. The summed E-state index contributed by atoms with van der Waals surface area (Å²) in [6.45, 7) is 5.30. The smallest absolute Gasteiger partial charge is 0.282 e. The van der Waals surface area contributed by atoms with Crippen molar-refractivity contribution in [3.63, 3.8) is 0 Å². The van der Waals surface area contributed by atoms with Gasteiger partial charge >= 0.3 is 0 Å². The fourth-order valence-corrected chi connectivity index (χ4v) is 5.25. The molecule has 0 N–H and O–H groups in total. The second-order valence-electron chi connectivity index (χ2n) is 6.51. The standard InChI is InChI=1S/C14H27N3O3S/c1-20-12-14-3-2-6-17(14)21(18,19)16-9-7-15(8-10-16)11-13-4-5-13/h13-14H,2-12H2,1H3. The fraction of sp³-hybridized carbons (Fsp3) is 1.00. The van der Waals surface area contributed by atoms with Gasteiger partial charge in [0.1, 0.15) is 0 Å². The zero-order valence-corrected chi connectivity index (χ0v) is 13.7. The highest BCUT2D eigenvalue weighted by atomic mass is 32.2. The van der Waals surface area contributed by atoms with Gasteiger partial charge in [0.05, 0.1) is 6.61 Å². The Balaban J connectivity index is 1.57. The minimum atomic E-state index is -3.31. The topological polar surface area (TPSA) is 53.1 Å². The lowest BCUT2D eigenvalue weighted by Crippen LogP contribution is -2.54. The maximum absolute atomic E-state index is 12.8. The van der Waals surface area contributed by atoms with Crippen LogP contribution in [0.3, 0.4) is 0 Å². The molecule has 2 aliphatic heterocycles. The lowest BCUT2D eigenvalue weighted by Gasteiger charge is -2.37. The van der Waals surface area contributed by atoms with Crippen molar-refractivity contribution in [1.82, 2.24) is 13.5 Å². The van der Waals surface area contributed by atoms with Crippen molar-refractivity contribution in [2.24, 2.45) is 5.92 Å². The predicted molar refractivity (Wildman–Crippen MR) is 81.3 cm³/mol. The van der Waals surface area contributed by atoms with Gasteiger partial charge in [-0.05, 0) is 31.6 Å². The molecule has 3 rings (SSSR count). The predicted octanol–water partition coefficient (Wildman–Crippen LogP) is 0.370. The van der Waals surface area contributed by atoms with Gasteiger partial charge in [0.2, 0.25) is 0 Å². The van der Waals surface area contributed by atoms with E-state index in [1.54, 1.807) is 15.7 Å². The van der Waals surface area contributed by atoms with Crippen molar-refractivity contribution >= 4 is 10.2 Å². The highest BCUT2D eigenvalue weighted by Crippen LogP contribution is 2.30. The number of nitrogens with zero attached hydrogens (tertiary/aromatic N) is 3. The van der Waals surface area contributed by atoms with Crippen LogP contribution < -0.4 is 0 Å². The molecule has 3 aliphatic rings. The van der Waals surface area contributed by atoms with Crippen LogP contribution in [0.15, 0.2) is 0 Å². The van der Waals surface area contributed by atoms with Crippen LogP contribution in [0.5, 0.6) is 0 Å². The van der Waals surface area contributed by atoms with Gasteiger partial charge in [-0.2, -0.15) is 17.0 Å². The number of hydrogen-bond acceptors (Lipinski definition) is 4. The summed E-state index contributed by atoms with van der Waals surface area (Å²) >= 11 is 0. The molecule has 6 nitrogen and oxygen atoms in total. The quantitative estimate of drug-likeness (QED) is 0.710. The van der Waals surface area contributed by atoms with E-state index >= 15 is 0 Å². The molecule has 1 aliphatic carbocycles. The van der Waals surface area contributed by atoms with Crippen LogP contribution in [0.1, 0.15) is 25.7 Å². The average Bonchev–Trinajstić information content (AvgIpc) is 3.15. The van der Waals surface area contributed by atoms with Gasteiger partial charge in [-0.3, -0.25) is 0 Å². The monoisotopic (exact) mass is 317 g/mol. The molecule has 0 aromatic heterocycles. The van der Waals surface area contributed by atoms with Crippen LogP contribution in [-0.4, -0.2) is 81.0 Å². The first-order chi connectivity index (χ1) is 10.1. The molecule has 0 radical (unpaired) electrons. The van der Waals surface area contributed by atoms with E-state index in [1.165, 1.54) is 12.8 Å². The van der Waals surface area contributed by atoms with Gasteiger partial charge in [-0.25, -0.2) is 0 Å². The Morgan fingerprint density at radius 1 is 1.05 bits per heavy atom. The Morgan fingerprint density at radius 2 is 1.76 bits per heavy atom. The third kappa shape index (κ3) is 3.59. The van der Waals surface area contributed by atoms with Gasteiger partial charge < -0.3 is 9.64 Å². The molecule has 0 aromatic carbocycles. The van der Waals surface area contributed by atoms with Gasteiger partial charge in [-0.1, -0.05) is 0 Å².